The predicted octanol–water partition coefficient (Wildman–Crippen LogP) is 4.46. The van der Waals surface area contributed by atoms with Crippen molar-refractivity contribution in [1.29, 1.82) is 0 Å². The van der Waals surface area contributed by atoms with Gasteiger partial charge in [0.25, 0.3) is 0 Å². The van der Waals surface area contributed by atoms with Crippen LogP contribution in [0.1, 0.15) is 91.7 Å². The van der Waals surface area contributed by atoms with Gasteiger partial charge < -0.3 is 24.9 Å². The molecule has 7 nitrogen and oxygen atoms in total. The smallest absolute Gasteiger partial charge is 0.235 e. The number of allylic oxidation sites excluding steroid dienone is 1. The zero-order valence-electron chi connectivity index (χ0n) is 20.6. The van der Waals surface area contributed by atoms with E-state index in [9.17, 15) is 4.79 Å². The highest BCUT2D eigenvalue weighted by molar-refractivity contribution is 5.48. The zero-order valence-corrected chi connectivity index (χ0v) is 20.6. The Kier molecular flexibility index (Phi) is 28.6. The normalized spacial score (nSPS) is 12.7. The van der Waals surface area contributed by atoms with Gasteiger partial charge in [-0.2, -0.15) is 0 Å². The van der Waals surface area contributed by atoms with Gasteiger partial charge in [0.05, 0.1) is 19.3 Å². The van der Waals surface area contributed by atoms with Gasteiger partial charge in [0, 0.05) is 31.3 Å². The third kappa shape index (κ3) is 24.3. The van der Waals surface area contributed by atoms with E-state index in [0.29, 0.717) is 11.8 Å². The molecule has 3 atom stereocenters. The van der Waals surface area contributed by atoms with Gasteiger partial charge in [-0.05, 0) is 39.5 Å². The number of aliphatic hydroxyl groups is 3. The molecule has 1 aromatic rings. The first-order chi connectivity index (χ1) is 14.8. The average molecular weight is 443 g/mol. The number of carbonyl (C=O) groups excluding carboxylic acids is 1. The topological polar surface area (TPSA) is 113 Å². The molecule has 0 saturated carbocycles. The summed E-state index contributed by atoms with van der Waals surface area (Å²) in [5.41, 5.74) is 0.947. The standard InChI is InChI=1S/C9H14N2O.C6H12O.C5H10O.C4H10O2/c1-4-7(2)8-9(12-3)11-6-5-10-8;1-2-3-4-5-6-7;1-2-3-4-5-6;1-3(5)4(2)6/h5-7H,4H2,1-3H3;3-4,7H,2,5-6H2,1H3;5H,2-4H2,1H3;3-6H,1-2H3/b;4-3-;;. The lowest BCUT2D eigenvalue weighted by Crippen LogP contribution is -2.17. The number of rotatable bonds is 10. The summed E-state index contributed by atoms with van der Waals surface area (Å²) >= 11 is 0. The molecule has 31 heavy (non-hydrogen) atoms. The van der Waals surface area contributed by atoms with Crippen molar-refractivity contribution in [3.8, 4) is 5.88 Å². The Morgan fingerprint density at radius 3 is 1.94 bits per heavy atom. The molecule has 0 radical (unpaired) electrons. The maximum absolute atomic E-state index is 9.56. The van der Waals surface area contributed by atoms with E-state index in [1.807, 2.05) is 6.08 Å². The Hall–Kier alpha value is -1.83. The highest BCUT2D eigenvalue weighted by Gasteiger charge is 2.11. The summed E-state index contributed by atoms with van der Waals surface area (Å²) in [4.78, 5) is 17.9. The Bertz CT molecular complexity index is 516. The average Bonchev–Trinajstić information content (AvgIpc) is 2.78. The summed E-state index contributed by atoms with van der Waals surface area (Å²) in [5, 5.41) is 25.0. The van der Waals surface area contributed by atoms with Crippen LogP contribution in [-0.4, -0.2) is 57.5 Å². The van der Waals surface area contributed by atoms with Crippen molar-refractivity contribution >= 4 is 6.29 Å². The molecule has 182 valence electrons. The molecule has 0 aliphatic rings. The van der Waals surface area contributed by atoms with Crippen molar-refractivity contribution in [3.63, 3.8) is 0 Å². The van der Waals surface area contributed by atoms with Crippen LogP contribution in [0.3, 0.4) is 0 Å². The zero-order chi connectivity index (χ0) is 24.5. The summed E-state index contributed by atoms with van der Waals surface area (Å²) < 4.78 is 5.09. The Labute approximate surface area is 189 Å². The highest BCUT2D eigenvalue weighted by Crippen LogP contribution is 2.23. The SMILES string of the molecule is CC(O)C(C)O.CC/C=C\CCO.CCC(C)c1nccnc1OC.CCCCC=O. The second-order valence-electron chi connectivity index (χ2n) is 6.94. The lowest BCUT2D eigenvalue weighted by Gasteiger charge is -2.10. The second kappa shape index (κ2) is 26.2. The van der Waals surface area contributed by atoms with Crippen molar-refractivity contribution < 1.29 is 24.9 Å². The largest absolute Gasteiger partial charge is 0.480 e. The number of aromatic nitrogens is 2. The molecule has 0 spiro atoms. The Balaban J connectivity index is -0.000000359. The van der Waals surface area contributed by atoms with Crippen LogP contribution in [0, 0.1) is 0 Å². The number of methoxy groups -OCH3 is 1. The number of nitrogens with zero attached hydrogens (tertiary/aromatic N) is 2. The van der Waals surface area contributed by atoms with E-state index in [-0.39, 0.29) is 6.61 Å². The molecule has 1 heterocycles. The van der Waals surface area contributed by atoms with Crippen LogP contribution in [0.2, 0.25) is 0 Å². The lowest BCUT2D eigenvalue weighted by molar-refractivity contribution is -0.107. The first kappa shape index (κ1) is 33.8. The molecule has 1 aromatic heterocycles. The molecule has 0 bridgehead atoms. The van der Waals surface area contributed by atoms with Crippen LogP contribution in [0.5, 0.6) is 5.88 Å². The number of aldehydes is 1. The van der Waals surface area contributed by atoms with Crippen LogP contribution < -0.4 is 4.74 Å². The van der Waals surface area contributed by atoms with Crippen molar-refractivity contribution in [1.82, 2.24) is 9.97 Å². The van der Waals surface area contributed by atoms with E-state index in [4.69, 9.17) is 20.1 Å². The van der Waals surface area contributed by atoms with Crippen LogP contribution in [0.15, 0.2) is 24.5 Å². The van der Waals surface area contributed by atoms with Gasteiger partial charge in [0.2, 0.25) is 5.88 Å². The summed E-state index contributed by atoms with van der Waals surface area (Å²) in [6.07, 6.45) is 13.0. The minimum absolute atomic E-state index is 0.274. The first-order valence-electron chi connectivity index (χ1n) is 11.2. The van der Waals surface area contributed by atoms with E-state index < -0.39 is 12.2 Å². The number of hydrogen-bond donors (Lipinski definition) is 3. The summed E-state index contributed by atoms with van der Waals surface area (Å²) in [6, 6.07) is 0. The molecule has 0 amide bonds. The number of carbonyl (C=O) groups is 1. The maximum Gasteiger partial charge on any atom is 0.235 e. The van der Waals surface area contributed by atoms with Crippen molar-refractivity contribution in [2.75, 3.05) is 13.7 Å². The Morgan fingerprint density at radius 1 is 1.00 bits per heavy atom. The van der Waals surface area contributed by atoms with Gasteiger partial charge in [-0.1, -0.05) is 46.3 Å². The van der Waals surface area contributed by atoms with Crippen LogP contribution >= 0.6 is 0 Å². The van der Waals surface area contributed by atoms with Crippen LogP contribution in [0.4, 0.5) is 0 Å². The Morgan fingerprint density at radius 2 is 1.58 bits per heavy atom. The molecule has 3 N–H and O–H groups in total. The monoisotopic (exact) mass is 442 g/mol. The van der Waals surface area contributed by atoms with Crippen molar-refractivity contribution in [3.05, 3.63) is 30.2 Å². The number of unbranched alkanes of at least 4 members (excludes halogenated alkanes) is 2. The minimum atomic E-state index is -0.593. The van der Waals surface area contributed by atoms with Gasteiger partial charge >= 0.3 is 0 Å². The first-order valence-corrected chi connectivity index (χ1v) is 11.2. The molecule has 0 aliphatic heterocycles. The highest BCUT2D eigenvalue weighted by atomic mass is 16.5. The number of hydrogen-bond acceptors (Lipinski definition) is 7. The van der Waals surface area contributed by atoms with E-state index in [0.717, 1.165) is 50.5 Å². The van der Waals surface area contributed by atoms with Gasteiger partial charge in [-0.3, -0.25) is 4.98 Å². The van der Waals surface area contributed by atoms with Crippen LogP contribution in [0.25, 0.3) is 0 Å². The maximum atomic E-state index is 9.56. The fourth-order valence-corrected chi connectivity index (χ4v) is 1.67. The molecular weight excluding hydrogens is 396 g/mol. The summed E-state index contributed by atoms with van der Waals surface area (Å²) in [7, 11) is 1.62. The molecule has 0 fully saturated rings. The van der Waals surface area contributed by atoms with Crippen LogP contribution in [-0.2, 0) is 4.79 Å². The number of ether oxygens (including phenoxy) is 1. The number of aliphatic hydroxyl groups excluding tert-OH is 3. The van der Waals surface area contributed by atoms with Gasteiger partial charge in [-0.15, -0.1) is 0 Å². The molecule has 0 aliphatic carbocycles. The minimum Gasteiger partial charge on any atom is -0.480 e. The molecule has 0 saturated heterocycles. The molecule has 0 aromatic carbocycles. The van der Waals surface area contributed by atoms with E-state index in [1.165, 1.54) is 0 Å². The lowest BCUT2D eigenvalue weighted by atomic mass is 10.1. The third-order valence-electron chi connectivity index (χ3n) is 4.04. The van der Waals surface area contributed by atoms with Gasteiger partial charge in [-0.25, -0.2) is 4.98 Å². The van der Waals surface area contributed by atoms with Gasteiger partial charge in [0.1, 0.15) is 12.0 Å². The summed E-state index contributed by atoms with van der Waals surface area (Å²) in [6.45, 7) is 11.8. The van der Waals surface area contributed by atoms with E-state index in [1.54, 1.807) is 33.4 Å². The summed E-state index contributed by atoms with van der Waals surface area (Å²) in [5.74, 6) is 1.06. The quantitative estimate of drug-likeness (QED) is 0.278. The predicted molar refractivity (Wildman–Crippen MR) is 127 cm³/mol. The molecule has 3 unspecified atom stereocenters. The fourth-order valence-electron chi connectivity index (χ4n) is 1.67. The van der Waals surface area contributed by atoms with E-state index in [2.05, 4.69) is 43.7 Å². The van der Waals surface area contributed by atoms with Gasteiger partial charge in [0.15, 0.2) is 0 Å². The van der Waals surface area contributed by atoms with Crippen molar-refractivity contribution in [2.45, 2.75) is 98.2 Å². The van der Waals surface area contributed by atoms with E-state index >= 15 is 0 Å². The molecule has 7 heteroatoms. The van der Waals surface area contributed by atoms with Crippen molar-refractivity contribution in [2.24, 2.45) is 0 Å². The second-order valence-corrected chi connectivity index (χ2v) is 6.94. The molecule has 1 rings (SSSR count). The molecular formula is C24H46N2O5. The fraction of sp³-hybridized carbons (Fsp3) is 0.708. The third-order valence-corrected chi connectivity index (χ3v) is 4.04.